The molecule has 1 atom stereocenters. The third kappa shape index (κ3) is 3.75. The highest BCUT2D eigenvalue weighted by molar-refractivity contribution is 5.03. The Morgan fingerprint density at radius 3 is 2.46 bits per heavy atom. The van der Waals surface area contributed by atoms with Gasteiger partial charge in [-0.1, -0.05) is 5.16 Å². The molecule has 0 bridgehead atoms. The lowest BCUT2D eigenvalue weighted by Crippen LogP contribution is -2.46. The zero-order valence-corrected chi connectivity index (χ0v) is 13.4. The first-order valence-corrected chi connectivity index (χ1v) is 7.62. The van der Waals surface area contributed by atoms with E-state index in [1.54, 1.807) is 6.92 Å². The van der Waals surface area contributed by atoms with Gasteiger partial charge in [0.1, 0.15) is 5.76 Å². The fourth-order valence-corrected chi connectivity index (χ4v) is 2.70. The maximum absolute atomic E-state index is 12.5. The standard InChI is InChI=1S/C14H18F3N5O2/c1-9-7-11(20-24-9)8-21-3-5-22(6-4-21)10(2)12-18-19-13(23-12)14(15,16)17/h7,10H,3-6,8H2,1-2H3/t10-/m0/s1. The molecule has 132 valence electrons. The lowest BCUT2D eigenvalue weighted by Gasteiger charge is -2.36. The molecule has 0 unspecified atom stereocenters. The molecule has 1 fully saturated rings. The largest absolute Gasteiger partial charge is 0.470 e. The Balaban J connectivity index is 1.55. The van der Waals surface area contributed by atoms with Crippen molar-refractivity contribution >= 4 is 0 Å². The molecular formula is C14H18F3N5O2. The molecule has 3 rings (SSSR count). The maximum atomic E-state index is 12.5. The highest BCUT2D eigenvalue weighted by Crippen LogP contribution is 2.30. The van der Waals surface area contributed by atoms with Gasteiger partial charge < -0.3 is 8.94 Å². The van der Waals surface area contributed by atoms with Crippen LogP contribution < -0.4 is 0 Å². The van der Waals surface area contributed by atoms with Crippen molar-refractivity contribution in [3.8, 4) is 0 Å². The van der Waals surface area contributed by atoms with E-state index in [0.29, 0.717) is 19.6 Å². The van der Waals surface area contributed by atoms with E-state index in [-0.39, 0.29) is 11.9 Å². The smallest absolute Gasteiger partial charge is 0.416 e. The van der Waals surface area contributed by atoms with Crippen LogP contribution in [0.25, 0.3) is 0 Å². The van der Waals surface area contributed by atoms with Crippen LogP contribution in [0.3, 0.4) is 0 Å². The Kier molecular flexibility index (Phi) is 4.59. The van der Waals surface area contributed by atoms with Gasteiger partial charge in [-0.3, -0.25) is 9.80 Å². The van der Waals surface area contributed by atoms with Crippen LogP contribution in [-0.2, 0) is 12.7 Å². The minimum atomic E-state index is -4.61. The first-order chi connectivity index (χ1) is 11.3. The molecule has 0 aromatic carbocycles. The van der Waals surface area contributed by atoms with Crippen molar-refractivity contribution in [3.05, 3.63) is 29.3 Å². The molecule has 1 aliphatic rings. The fraction of sp³-hybridized carbons (Fsp3) is 0.643. The van der Waals surface area contributed by atoms with Gasteiger partial charge >= 0.3 is 12.1 Å². The molecule has 0 saturated carbocycles. The molecule has 0 N–H and O–H groups in total. The third-order valence-corrected chi connectivity index (χ3v) is 4.06. The van der Waals surface area contributed by atoms with E-state index >= 15 is 0 Å². The summed E-state index contributed by atoms with van der Waals surface area (Å²) >= 11 is 0. The van der Waals surface area contributed by atoms with Crippen LogP contribution in [0.2, 0.25) is 0 Å². The molecule has 1 saturated heterocycles. The average molecular weight is 345 g/mol. The number of halogens is 3. The van der Waals surface area contributed by atoms with Gasteiger partial charge in [-0.15, -0.1) is 10.2 Å². The number of hydrogen-bond acceptors (Lipinski definition) is 7. The summed E-state index contributed by atoms with van der Waals surface area (Å²) in [7, 11) is 0. The Labute approximate surface area is 136 Å². The van der Waals surface area contributed by atoms with Crippen molar-refractivity contribution < 1.29 is 22.1 Å². The molecule has 0 aliphatic carbocycles. The van der Waals surface area contributed by atoms with E-state index in [9.17, 15) is 13.2 Å². The van der Waals surface area contributed by atoms with Crippen molar-refractivity contribution in [2.45, 2.75) is 32.6 Å². The number of aryl methyl sites for hydroxylation is 1. The molecule has 10 heteroatoms. The van der Waals surface area contributed by atoms with Gasteiger partial charge in [-0.2, -0.15) is 13.2 Å². The van der Waals surface area contributed by atoms with Crippen LogP contribution >= 0.6 is 0 Å². The van der Waals surface area contributed by atoms with Gasteiger partial charge in [0, 0.05) is 38.8 Å². The quantitative estimate of drug-likeness (QED) is 0.842. The second-order valence-corrected chi connectivity index (χ2v) is 5.86. The first kappa shape index (κ1) is 16.9. The van der Waals surface area contributed by atoms with Gasteiger partial charge in [-0.25, -0.2) is 0 Å². The molecule has 0 spiro atoms. The number of rotatable bonds is 4. The highest BCUT2D eigenvalue weighted by atomic mass is 19.4. The van der Waals surface area contributed by atoms with Crippen LogP contribution in [0.1, 0.15) is 36.2 Å². The van der Waals surface area contributed by atoms with Crippen molar-refractivity contribution in [3.63, 3.8) is 0 Å². The van der Waals surface area contributed by atoms with Crippen molar-refractivity contribution in [1.29, 1.82) is 0 Å². The van der Waals surface area contributed by atoms with Crippen molar-refractivity contribution in [2.24, 2.45) is 0 Å². The lowest BCUT2D eigenvalue weighted by molar-refractivity contribution is -0.157. The third-order valence-electron chi connectivity index (χ3n) is 4.06. The highest BCUT2D eigenvalue weighted by Gasteiger charge is 2.39. The Morgan fingerprint density at radius 2 is 1.92 bits per heavy atom. The number of nitrogens with zero attached hydrogens (tertiary/aromatic N) is 5. The van der Waals surface area contributed by atoms with E-state index in [0.717, 1.165) is 24.5 Å². The predicted molar refractivity (Wildman–Crippen MR) is 75.8 cm³/mol. The molecular weight excluding hydrogens is 327 g/mol. The zero-order valence-electron chi connectivity index (χ0n) is 13.4. The van der Waals surface area contributed by atoms with Gasteiger partial charge in [0.25, 0.3) is 0 Å². The molecule has 0 radical (unpaired) electrons. The number of alkyl halides is 3. The van der Waals surface area contributed by atoms with E-state index in [1.165, 1.54) is 0 Å². The summed E-state index contributed by atoms with van der Waals surface area (Å²) < 4.78 is 47.4. The fourth-order valence-electron chi connectivity index (χ4n) is 2.70. The Hall–Kier alpha value is -1.94. The molecule has 3 heterocycles. The summed E-state index contributed by atoms with van der Waals surface area (Å²) in [5.41, 5.74) is 0.876. The molecule has 7 nitrogen and oxygen atoms in total. The minimum absolute atomic E-state index is 0.0112. The van der Waals surface area contributed by atoms with Gasteiger partial charge in [0.2, 0.25) is 5.89 Å². The summed E-state index contributed by atoms with van der Waals surface area (Å²) in [5, 5.41) is 10.6. The molecule has 1 aliphatic heterocycles. The van der Waals surface area contributed by atoms with Crippen LogP contribution in [0.5, 0.6) is 0 Å². The average Bonchev–Trinajstić information content (AvgIpc) is 3.16. The number of piperazine rings is 1. The monoisotopic (exact) mass is 345 g/mol. The first-order valence-electron chi connectivity index (χ1n) is 7.62. The minimum Gasteiger partial charge on any atom is -0.416 e. The normalized spacial score (nSPS) is 18.9. The van der Waals surface area contributed by atoms with E-state index in [2.05, 4.69) is 20.3 Å². The van der Waals surface area contributed by atoms with Crippen LogP contribution in [0.4, 0.5) is 13.2 Å². The molecule has 24 heavy (non-hydrogen) atoms. The molecule has 0 amide bonds. The Morgan fingerprint density at radius 1 is 1.21 bits per heavy atom. The summed E-state index contributed by atoms with van der Waals surface area (Å²) in [6.07, 6.45) is -4.61. The van der Waals surface area contributed by atoms with E-state index in [1.807, 2.05) is 17.9 Å². The summed E-state index contributed by atoms with van der Waals surface area (Å²) in [4.78, 5) is 4.24. The zero-order chi connectivity index (χ0) is 17.3. The van der Waals surface area contributed by atoms with Gasteiger partial charge in [0.15, 0.2) is 0 Å². The second kappa shape index (κ2) is 6.52. The van der Waals surface area contributed by atoms with E-state index in [4.69, 9.17) is 8.94 Å². The summed E-state index contributed by atoms with van der Waals surface area (Å²) in [5.74, 6) is -0.540. The van der Waals surface area contributed by atoms with Crippen LogP contribution in [0.15, 0.2) is 15.0 Å². The topological polar surface area (TPSA) is 71.4 Å². The molecule has 2 aromatic heterocycles. The van der Waals surface area contributed by atoms with E-state index < -0.39 is 12.1 Å². The van der Waals surface area contributed by atoms with Crippen LogP contribution in [0, 0.1) is 6.92 Å². The predicted octanol–water partition coefficient (Wildman–Crippen LogP) is 2.26. The van der Waals surface area contributed by atoms with Gasteiger partial charge in [-0.05, 0) is 13.8 Å². The van der Waals surface area contributed by atoms with Crippen molar-refractivity contribution in [2.75, 3.05) is 26.2 Å². The summed E-state index contributed by atoms with van der Waals surface area (Å²) in [6.45, 7) is 7.24. The second-order valence-electron chi connectivity index (χ2n) is 5.86. The SMILES string of the molecule is Cc1cc(CN2CCN([C@@H](C)c3nnc(C(F)(F)F)o3)CC2)no1. The number of hydrogen-bond donors (Lipinski definition) is 0. The summed E-state index contributed by atoms with van der Waals surface area (Å²) in [6, 6.07) is 1.54. The maximum Gasteiger partial charge on any atom is 0.470 e. The number of aromatic nitrogens is 3. The Bertz CT molecular complexity index is 676. The van der Waals surface area contributed by atoms with Crippen molar-refractivity contribution in [1.82, 2.24) is 25.2 Å². The van der Waals surface area contributed by atoms with Gasteiger partial charge in [0.05, 0.1) is 11.7 Å². The van der Waals surface area contributed by atoms with Crippen LogP contribution in [-0.4, -0.2) is 51.3 Å². The lowest BCUT2D eigenvalue weighted by atomic mass is 10.2. The molecule has 2 aromatic rings.